The van der Waals surface area contributed by atoms with E-state index in [-0.39, 0.29) is 12.8 Å². The summed E-state index contributed by atoms with van der Waals surface area (Å²) in [7, 11) is 0. The Kier molecular flexibility index (Phi) is 8.38. The first-order valence-electron chi connectivity index (χ1n) is 14.2. The van der Waals surface area contributed by atoms with Crippen molar-refractivity contribution in [2.45, 2.75) is 122 Å². The zero-order valence-corrected chi connectivity index (χ0v) is 25.3. The van der Waals surface area contributed by atoms with Gasteiger partial charge in [0.15, 0.2) is 17.3 Å². The minimum atomic E-state index is -1.59. The van der Waals surface area contributed by atoms with Crippen LogP contribution in [-0.4, -0.2) is 82.8 Å². The number of epoxide rings is 1. The summed E-state index contributed by atoms with van der Waals surface area (Å²) >= 11 is 0. The Morgan fingerprint density at radius 3 is 2.05 bits per heavy atom. The second kappa shape index (κ2) is 11.1. The third kappa shape index (κ3) is 5.02. The predicted molar refractivity (Wildman–Crippen MR) is 143 cm³/mol. The van der Waals surface area contributed by atoms with Crippen LogP contribution in [0.15, 0.2) is 23.3 Å². The molecule has 232 valence electrons. The highest BCUT2D eigenvalue weighted by atomic mass is 16.7. The van der Waals surface area contributed by atoms with E-state index in [0.717, 1.165) is 0 Å². The Bertz CT molecular complexity index is 1240. The Morgan fingerprint density at radius 2 is 1.50 bits per heavy atom. The van der Waals surface area contributed by atoms with Gasteiger partial charge in [-0.3, -0.25) is 19.2 Å². The molecule has 12 heteroatoms. The van der Waals surface area contributed by atoms with Crippen LogP contribution in [0.3, 0.4) is 0 Å². The lowest BCUT2D eigenvalue weighted by Gasteiger charge is -2.54. The van der Waals surface area contributed by atoms with E-state index in [1.807, 2.05) is 6.92 Å². The number of hydrogen-bond donors (Lipinski definition) is 1. The van der Waals surface area contributed by atoms with Crippen LogP contribution in [0.1, 0.15) is 74.7 Å². The molecule has 0 aromatic rings. The minimum absolute atomic E-state index is 0.0421. The van der Waals surface area contributed by atoms with Gasteiger partial charge in [0.2, 0.25) is 0 Å². The zero-order valence-electron chi connectivity index (χ0n) is 25.3. The molecule has 10 atom stereocenters. The summed E-state index contributed by atoms with van der Waals surface area (Å²) < 4.78 is 35.6. The molecule has 2 fully saturated rings. The number of carbonyl (C=O) groups excluding carboxylic acids is 5. The first-order valence-corrected chi connectivity index (χ1v) is 14.2. The normalized spacial score (nSPS) is 41.7. The number of fused-ring (bicyclic) bond motifs is 1. The summed E-state index contributed by atoms with van der Waals surface area (Å²) in [5, 5.41) is 11.3. The van der Waals surface area contributed by atoms with Crippen LogP contribution in [-0.2, 0) is 52.4 Å². The Hall–Kier alpha value is -3.25. The number of esters is 5. The van der Waals surface area contributed by atoms with Crippen LogP contribution < -0.4 is 0 Å². The lowest BCUT2D eigenvalue weighted by Crippen LogP contribution is -2.66. The van der Waals surface area contributed by atoms with Crippen molar-refractivity contribution in [3.8, 4) is 0 Å². The van der Waals surface area contributed by atoms with Crippen molar-refractivity contribution in [2.75, 3.05) is 0 Å². The quantitative estimate of drug-likeness (QED) is 0.207. The summed E-state index contributed by atoms with van der Waals surface area (Å²) in [5.74, 6) is -4.32. The molecular weight excluding hydrogens is 552 g/mol. The van der Waals surface area contributed by atoms with Gasteiger partial charge in [-0.05, 0) is 33.3 Å². The van der Waals surface area contributed by atoms with Crippen LogP contribution in [0.25, 0.3) is 0 Å². The van der Waals surface area contributed by atoms with Gasteiger partial charge in [0.05, 0.1) is 5.41 Å². The molecule has 1 spiro atoms. The number of carbonyl (C=O) groups is 5. The van der Waals surface area contributed by atoms with Crippen molar-refractivity contribution >= 4 is 29.8 Å². The van der Waals surface area contributed by atoms with Gasteiger partial charge in [0.1, 0.15) is 30.5 Å². The SMILES string of the molecule is CCCC(=O)OC1C/C(C)=C\[C@@H]2OC(=O)[C@]3(C)O[C@]23C(OC(C)=O)[C@H]2C(C)=CC(O)C(OC(C)=O)[C@@]2(C)[C@H]1OC(C)=O. The molecule has 0 aromatic heterocycles. The van der Waals surface area contributed by atoms with Gasteiger partial charge in [-0.15, -0.1) is 0 Å². The summed E-state index contributed by atoms with van der Waals surface area (Å²) in [5.41, 5.74) is -3.47. The van der Waals surface area contributed by atoms with E-state index in [9.17, 15) is 29.1 Å². The van der Waals surface area contributed by atoms with Gasteiger partial charge in [-0.2, -0.15) is 0 Å². The molecule has 4 rings (SSSR count). The predicted octanol–water partition coefficient (Wildman–Crippen LogP) is 2.24. The topological polar surface area (TPSA) is 164 Å². The Balaban J connectivity index is 2.07. The van der Waals surface area contributed by atoms with E-state index in [0.29, 0.717) is 17.6 Å². The van der Waals surface area contributed by atoms with Gasteiger partial charge in [-0.25, -0.2) is 4.79 Å². The highest BCUT2D eigenvalue weighted by molar-refractivity contribution is 5.89. The Morgan fingerprint density at radius 1 is 0.929 bits per heavy atom. The molecule has 1 N–H and O–H groups in total. The molecule has 0 aromatic carbocycles. The summed E-state index contributed by atoms with van der Waals surface area (Å²) in [6, 6.07) is 0. The van der Waals surface area contributed by atoms with E-state index < -0.39 is 89.0 Å². The fourth-order valence-electron chi connectivity index (χ4n) is 7.23. The maximum Gasteiger partial charge on any atom is 0.342 e. The molecular formula is C30H40O12. The van der Waals surface area contributed by atoms with Gasteiger partial charge >= 0.3 is 29.8 Å². The molecule has 0 saturated carbocycles. The fraction of sp³-hybridized carbons (Fsp3) is 0.700. The molecule has 2 saturated heterocycles. The molecule has 4 unspecified atom stereocenters. The maximum atomic E-state index is 13.1. The van der Waals surface area contributed by atoms with E-state index in [1.165, 1.54) is 26.8 Å². The van der Waals surface area contributed by atoms with Crippen molar-refractivity contribution in [1.29, 1.82) is 0 Å². The van der Waals surface area contributed by atoms with Crippen molar-refractivity contribution in [1.82, 2.24) is 0 Å². The highest BCUT2D eigenvalue weighted by Crippen LogP contribution is 2.65. The molecule has 12 nitrogen and oxygen atoms in total. The monoisotopic (exact) mass is 592 g/mol. The van der Waals surface area contributed by atoms with Gasteiger partial charge in [0, 0.05) is 39.5 Å². The largest absolute Gasteiger partial charge is 0.459 e. The average molecular weight is 593 g/mol. The van der Waals surface area contributed by atoms with Crippen molar-refractivity contribution in [3.05, 3.63) is 23.3 Å². The first-order chi connectivity index (χ1) is 19.5. The lowest BCUT2D eigenvalue weighted by molar-refractivity contribution is -0.224. The van der Waals surface area contributed by atoms with Crippen LogP contribution in [0.2, 0.25) is 0 Å². The zero-order chi connectivity index (χ0) is 31.4. The molecule has 2 heterocycles. The van der Waals surface area contributed by atoms with Gasteiger partial charge in [-0.1, -0.05) is 31.1 Å². The number of aliphatic hydroxyl groups is 1. The van der Waals surface area contributed by atoms with Crippen molar-refractivity contribution in [2.24, 2.45) is 11.3 Å². The van der Waals surface area contributed by atoms with Gasteiger partial charge in [0.25, 0.3) is 0 Å². The van der Waals surface area contributed by atoms with Gasteiger partial charge < -0.3 is 33.5 Å². The van der Waals surface area contributed by atoms with Crippen LogP contribution in [0.4, 0.5) is 0 Å². The van der Waals surface area contributed by atoms with E-state index in [2.05, 4.69) is 0 Å². The average Bonchev–Trinajstić information content (AvgIpc) is 3.44. The maximum absolute atomic E-state index is 13.1. The van der Waals surface area contributed by atoms with E-state index in [1.54, 1.807) is 33.8 Å². The second-order valence-corrected chi connectivity index (χ2v) is 12.1. The molecule has 0 radical (unpaired) electrons. The second-order valence-electron chi connectivity index (χ2n) is 12.1. The summed E-state index contributed by atoms with van der Waals surface area (Å²) in [6.45, 7) is 12.0. The molecule has 42 heavy (non-hydrogen) atoms. The van der Waals surface area contributed by atoms with Crippen molar-refractivity contribution in [3.63, 3.8) is 0 Å². The molecule has 0 amide bonds. The van der Waals surface area contributed by atoms with E-state index >= 15 is 0 Å². The lowest BCUT2D eigenvalue weighted by atomic mass is 9.56. The number of hydrogen-bond acceptors (Lipinski definition) is 12. The van der Waals surface area contributed by atoms with Crippen LogP contribution in [0.5, 0.6) is 0 Å². The first kappa shape index (κ1) is 31.7. The Labute approximate surface area is 244 Å². The third-order valence-electron chi connectivity index (χ3n) is 8.89. The summed E-state index contributed by atoms with van der Waals surface area (Å²) in [6.07, 6.45) is -3.66. The smallest absolute Gasteiger partial charge is 0.342 e. The number of aliphatic hydroxyl groups excluding tert-OH is 1. The minimum Gasteiger partial charge on any atom is -0.459 e. The standard InChI is InChI=1S/C30H40O12/c1-9-10-22(35)40-20-11-14(2)12-21-30(29(8,42-30)27(36)41-21)26(39-18(6)33)23-15(3)13-19(34)24(37-16(4)31)28(23,7)25(20)38-17(5)32/h12-13,19-21,23-26,34H,9-11H2,1-8H3/b14-12-/t19?,20?,21-,23+,24?,25-,26?,28-,29-,30-/m0/s1. The third-order valence-corrected chi connectivity index (χ3v) is 8.89. The highest BCUT2D eigenvalue weighted by Gasteiger charge is 2.87. The van der Waals surface area contributed by atoms with Crippen LogP contribution >= 0.6 is 0 Å². The molecule has 0 bridgehead atoms. The molecule has 2 aliphatic heterocycles. The fourth-order valence-corrected chi connectivity index (χ4v) is 7.23. The van der Waals surface area contributed by atoms with Crippen LogP contribution in [0, 0.1) is 11.3 Å². The summed E-state index contributed by atoms with van der Waals surface area (Å²) in [4.78, 5) is 63.8. The van der Waals surface area contributed by atoms with Crippen molar-refractivity contribution < 1.29 is 57.5 Å². The molecule has 4 aliphatic rings. The number of rotatable bonds is 6. The molecule has 2 aliphatic carbocycles. The number of ether oxygens (including phenoxy) is 6. The van der Waals surface area contributed by atoms with E-state index in [4.69, 9.17) is 28.4 Å².